The summed E-state index contributed by atoms with van der Waals surface area (Å²) in [4.78, 5) is 0. The molecular weight excluding hydrogens is 232 g/mol. The van der Waals surface area contributed by atoms with E-state index in [1.807, 2.05) is 36.4 Å². The van der Waals surface area contributed by atoms with Gasteiger partial charge in [0, 0.05) is 33.6 Å². The summed E-state index contributed by atoms with van der Waals surface area (Å²) in [5, 5.41) is 2.22. The average Bonchev–Trinajstić information content (AvgIpc) is 2.66. The van der Waals surface area contributed by atoms with Gasteiger partial charge in [0.15, 0.2) is 0 Å². The molecule has 3 aromatic rings. The number of para-hydroxylation sites is 1. The first kappa shape index (κ1) is 10.5. The molecule has 0 aliphatic carbocycles. The van der Waals surface area contributed by atoms with Crippen LogP contribution in [-0.2, 0) is 16.6 Å². The monoisotopic (exact) mass is 244 g/mol. The Balaban J connectivity index is 2.26. The van der Waals surface area contributed by atoms with Crippen LogP contribution < -0.4 is 0 Å². The van der Waals surface area contributed by atoms with Crippen molar-refractivity contribution in [1.82, 2.24) is 0 Å². The maximum absolute atomic E-state index is 11.2. The minimum atomic E-state index is -0.812. The first-order valence-electron chi connectivity index (χ1n) is 5.44. The molecule has 0 spiro atoms. The molecule has 1 heterocycles. The summed E-state index contributed by atoms with van der Waals surface area (Å²) in [6.45, 7) is 0. The topological polar surface area (TPSA) is 30.2 Å². The van der Waals surface area contributed by atoms with Crippen molar-refractivity contribution < 1.29 is 8.63 Å². The van der Waals surface area contributed by atoms with Crippen LogP contribution in [0.2, 0.25) is 0 Å². The maximum atomic E-state index is 11.2. The highest BCUT2D eigenvalue weighted by atomic mass is 32.2. The normalized spacial score (nSPS) is 13.2. The van der Waals surface area contributed by atoms with E-state index in [-0.39, 0.29) is 0 Å². The first-order valence-corrected chi connectivity index (χ1v) is 7.17. The van der Waals surface area contributed by atoms with Crippen LogP contribution in [0.15, 0.2) is 46.9 Å². The van der Waals surface area contributed by atoms with Crippen LogP contribution in [0.3, 0.4) is 0 Å². The third-order valence-corrected chi connectivity index (χ3v) is 3.55. The molecule has 0 amide bonds. The van der Waals surface area contributed by atoms with Gasteiger partial charge in [-0.05, 0) is 23.8 Å². The Kier molecular flexibility index (Phi) is 2.48. The quantitative estimate of drug-likeness (QED) is 0.691. The molecule has 1 atom stereocenters. The lowest BCUT2D eigenvalue weighted by Gasteiger charge is -1.97. The predicted octanol–water partition coefficient (Wildman–Crippen LogP) is 3.46. The molecule has 86 valence electrons. The van der Waals surface area contributed by atoms with E-state index in [9.17, 15) is 4.21 Å². The minimum absolute atomic E-state index is 0.593. The minimum Gasteiger partial charge on any atom is -0.456 e. The molecule has 0 aliphatic heterocycles. The highest BCUT2D eigenvalue weighted by Gasteiger charge is 2.07. The molecule has 0 N–H and O–H groups in total. The van der Waals surface area contributed by atoms with E-state index in [4.69, 9.17) is 4.42 Å². The van der Waals surface area contributed by atoms with Gasteiger partial charge in [-0.25, -0.2) is 0 Å². The van der Waals surface area contributed by atoms with Gasteiger partial charge in [0.1, 0.15) is 11.2 Å². The summed E-state index contributed by atoms with van der Waals surface area (Å²) >= 11 is 0. The van der Waals surface area contributed by atoms with E-state index >= 15 is 0 Å². The summed E-state index contributed by atoms with van der Waals surface area (Å²) in [5.74, 6) is 0.593. The van der Waals surface area contributed by atoms with Crippen LogP contribution in [0.1, 0.15) is 5.56 Å². The summed E-state index contributed by atoms with van der Waals surface area (Å²) < 4.78 is 17.0. The number of rotatable bonds is 2. The van der Waals surface area contributed by atoms with E-state index in [1.54, 1.807) is 6.26 Å². The number of furan rings is 1. The fraction of sp³-hybridized carbons (Fsp3) is 0.143. The third-order valence-electron chi connectivity index (χ3n) is 2.81. The molecule has 17 heavy (non-hydrogen) atoms. The molecule has 0 saturated carbocycles. The second-order valence-corrected chi connectivity index (χ2v) is 5.58. The Morgan fingerprint density at radius 3 is 2.65 bits per heavy atom. The molecule has 2 aromatic carbocycles. The molecule has 2 nitrogen and oxygen atoms in total. The first-order chi connectivity index (χ1) is 8.24. The van der Waals surface area contributed by atoms with Gasteiger partial charge in [0.25, 0.3) is 0 Å². The summed E-state index contributed by atoms with van der Waals surface area (Å²) in [6.07, 6.45) is 1.72. The maximum Gasteiger partial charge on any atom is 0.135 e. The highest BCUT2D eigenvalue weighted by molar-refractivity contribution is 7.83. The van der Waals surface area contributed by atoms with E-state index in [0.717, 1.165) is 27.5 Å². The molecule has 0 aliphatic rings. The van der Waals surface area contributed by atoms with Crippen molar-refractivity contribution in [3.63, 3.8) is 0 Å². The van der Waals surface area contributed by atoms with Crippen molar-refractivity contribution in [2.75, 3.05) is 6.26 Å². The second kappa shape index (κ2) is 4.00. The number of hydrogen-bond donors (Lipinski definition) is 0. The molecule has 0 fully saturated rings. The Morgan fingerprint density at radius 2 is 1.82 bits per heavy atom. The summed E-state index contributed by atoms with van der Waals surface area (Å²) in [6, 6.07) is 14.0. The summed E-state index contributed by atoms with van der Waals surface area (Å²) in [5.41, 5.74) is 2.87. The van der Waals surface area contributed by atoms with Gasteiger partial charge in [0.2, 0.25) is 0 Å². The standard InChI is InChI=1S/C14H12O2S/c1-17(15)9-10-6-7-14-12(8-10)11-4-2-3-5-13(11)16-14/h2-8H,9H2,1H3/t17-/m1/s1. The zero-order valence-corrected chi connectivity index (χ0v) is 10.3. The zero-order chi connectivity index (χ0) is 11.8. The van der Waals surface area contributed by atoms with Gasteiger partial charge in [-0.15, -0.1) is 0 Å². The predicted molar refractivity (Wildman–Crippen MR) is 71.5 cm³/mol. The molecule has 1 aromatic heterocycles. The fourth-order valence-corrected chi connectivity index (χ4v) is 2.75. The molecule has 0 radical (unpaired) electrons. The van der Waals surface area contributed by atoms with Crippen molar-refractivity contribution in [2.45, 2.75) is 5.75 Å². The van der Waals surface area contributed by atoms with Crippen LogP contribution in [-0.4, -0.2) is 10.5 Å². The van der Waals surface area contributed by atoms with E-state index in [0.29, 0.717) is 5.75 Å². The van der Waals surface area contributed by atoms with Crippen molar-refractivity contribution in [2.24, 2.45) is 0 Å². The Bertz CT molecular complexity index is 712. The summed E-state index contributed by atoms with van der Waals surface area (Å²) in [7, 11) is -0.812. The van der Waals surface area contributed by atoms with Crippen LogP contribution in [0.25, 0.3) is 21.9 Å². The van der Waals surface area contributed by atoms with Crippen LogP contribution in [0.5, 0.6) is 0 Å². The SMILES string of the molecule is C[S@@](=O)Cc1ccc2oc3ccccc3c2c1. The largest absolute Gasteiger partial charge is 0.456 e. The van der Waals surface area contributed by atoms with E-state index in [1.165, 1.54) is 0 Å². The third kappa shape index (κ3) is 1.87. The Hall–Kier alpha value is -1.61. The molecule has 3 rings (SSSR count). The van der Waals surface area contributed by atoms with Gasteiger partial charge >= 0.3 is 0 Å². The van der Waals surface area contributed by atoms with Gasteiger partial charge in [0.05, 0.1) is 0 Å². The molecule has 3 heteroatoms. The van der Waals surface area contributed by atoms with Crippen molar-refractivity contribution in [1.29, 1.82) is 0 Å². The van der Waals surface area contributed by atoms with Gasteiger partial charge < -0.3 is 4.42 Å². The van der Waals surface area contributed by atoms with Gasteiger partial charge in [-0.3, -0.25) is 4.21 Å². The van der Waals surface area contributed by atoms with Crippen molar-refractivity contribution >= 4 is 32.7 Å². The Labute approximate surface area is 102 Å². The smallest absolute Gasteiger partial charge is 0.135 e. The number of benzene rings is 2. The lowest BCUT2D eigenvalue weighted by molar-refractivity contribution is 0.668. The Morgan fingerprint density at radius 1 is 1.06 bits per heavy atom. The van der Waals surface area contributed by atoms with Crippen LogP contribution in [0, 0.1) is 0 Å². The van der Waals surface area contributed by atoms with Crippen molar-refractivity contribution in [3.8, 4) is 0 Å². The molecule has 0 bridgehead atoms. The molecule has 0 saturated heterocycles. The molecular formula is C14H12O2S. The second-order valence-electron chi connectivity index (χ2n) is 4.15. The van der Waals surface area contributed by atoms with Gasteiger partial charge in [-0.2, -0.15) is 0 Å². The van der Waals surface area contributed by atoms with Crippen molar-refractivity contribution in [3.05, 3.63) is 48.0 Å². The van der Waals surface area contributed by atoms with Crippen LogP contribution >= 0.6 is 0 Å². The highest BCUT2D eigenvalue weighted by Crippen LogP contribution is 2.29. The van der Waals surface area contributed by atoms with Crippen LogP contribution in [0.4, 0.5) is 0 Å². The zero-order valence-electron chi connectivity index (χ0n) is 9.47. The lowest BCUT2D eigenvalue weighted by atomic mass is 10.1. The molecule has 0 unspecified atom stereocenters. The van der Waals surface area contributed by atoms with E-state index < -0.39 is 10.8 Å². The number of hydrogen-bond acceptors (Lipinski definition) is 2. The average molecular weight is 244 g/mol. The fourth-order valence-electron chi connectivity index (χ4n) is 2.10. The van der Waals surface area contributed by atoms with Gasteiger partial charge in [-0.1, -0.05) is 24.3 Å². The van der Waals surface area contributed by atoms with E-state index in [2.05, 4.69) is 6.07 Å². The number of fused-ring (bicyclic) bond motifs is 3. The lowest BCUT2D eigenvalue weighted by Crippen LogP contribution is -1.91.